The molecule has 2 aromatic rings. The van der Waals surface area contributed by atoms with Gasteiger partial charge in [-0.1, -0.05) is 50.9 Å². The molecule has 5 heteroatoms. The maximum Gasteiger partial charge on any atom is 0.123 e. The zero-order valence-corrected chi connectivity index (χ0v) is 20.3. The zero-order chi connectivity index (χ0) is 23.1. The van der Waals surface area contributed by atoms with Crippen LogP contribution >= 0.6 is 11.6 Å². The van der Waals surface area contributed by atoms with Crippen molar-refractivity contribution >= 4 is 23.0 Å². The lowest BCUT2D eigenvalue weighted by atomic mass is 9.97. The van der Waals surface area contributed by atoms with Crippen molar-refractivity contribution in [1.29, 1.82) is 0 Å². The molecule has 0 saturated carbocycles. The van der Waals surface area contributed by atoms with Crippen LogP contribution in [0.3, 0.4) is 0 Å². The molecule has 3 nitrogen and oxygen atoms in total. The molecule has 0 amide bonds. The number of hydrogen-bond acceptors (Lipinski definition) is 3. The van der Waals surface area contributed by atoms with Crippen LogP contribution in [0.25, 0.3) is 0 Å². The van der Waals surface area contributed by atoms with Crippen molar-refractivity contribution in [3.63, 3.8) is 0 Å². The summed E-state index contributed by atoms with van der Waals surface area (Å²) in [7, 11) is 1.50. The minimum absolute atomic E-state index is 0.179. The first-order valence-electron chi connectivity index (χ1n) is 11.5. The minimum atomic E-state index is -0.179. The molecule has 3 rings (SSSR count). The SMILES string of the molecule is CC.CCCNc1ccc(F)cc1CC1=C(Nc2ccccc2Cl)CCCCC1.CN. The van der Waals surface area contributed by atoms with Gasteiger partial charge in [-0.25, -0.2) is 4.39 Å². The third-order valence-corrected chi connectivity index (χ3v) is 5.36. The number of allylic oxidation sites excluding steroid dienone is 2. The van der Waals surface area contributed by atoms with Gasteiger partial charge >= 0.3 is 0 Å². The van der Waals surface area contributed by atoms with E-state index in [1.165, 1.54) is 43.6 Å². The van der Waals surface area contributed by atoms with Crippen LogP contribution in [0.5, 0.6) is 0 Å². The van der Waals surface area contributed by atoms with E-state index in [-0.39, 0.29) is 5.82 Å². The summed E-state index contributed by atoms with van der Waals surface area (Å²) in [6, 6.07) is 12.9. The fourth-order valence-corrected chi connectivity index (χ4v) is 3.77. The molecule has 0 heterocycles. The average Bonchev–Trinajstić information content (AvgIpc) is 3.02. The summed E-state index contributed by atoms with van der Waals surface area (Å²) in [4.78, 5) is 0. The van der Waals surface area contributed by atoms with Gasteiger partial charge in [0, 0.05) is 17.9 Å². The first kappa shape index (κ1) is 27.0. The summed E-state index contributed by atoms with van der Waals surface area (Å²) in [5, 5.41) is 7.74. The van der Waals surface area contributed by atoms with Crippen molar-refractivity contribution in [1.82, 2.24) is 0 Å². The van der Waals surface area contributed by atoms with Crippen LogP contribution in [0.15, 0.2) is 53.7 Å². The molecule has 0 aliphatic heterocycles. The number of nitrogens with one attached hydrogen (secondary N) is 2. The van der Waals surface area contributed by atoms with Crippen LogP contribution in [-0.4, -0.2) is 13.6 Å². The molecule has 1 aliphatic rings. The van der Waals surface area contributed by atoms with Crippen LogP contribution < -0.4 is 16.4 Å². The van der Waals surface area contributed by atoms with E-state index in [4.69, 9.17) is 11.6 Å². The average molecular weight is 448 g/mol. The second kappa shape index (κ2) is 15.7. The summed E-state index contributed by atoms with van der Waals surface area (Å²) < 4.78 is 13.9. The topological polar surface area (TPSA) is 50.1 Å². The molecule has 0 radical (unpaired) electrons. The Bertz CT molecular complexity index is 805. The van der Waals surface area contributed by atoms with Crippen LogP contribution in [0, 0.1) is 5.82 Å². The Morgan fingerprint density at radius 2 is 1.68 bits per heavy atom. The number of anilines is 2. The Balaban J connectivity index is 0.00000113. The molecule has 0 saturated heterocycles. The highest BCUT2D eigenvalue weighted by Crippen LogP contribution is 2.32. The standard InChI is InChI=1S/C23H28ClFN2.C2H6.CH5N/c1-2-14-26-21-13-12-19(25)16-18(21)15-17-8-4-3-5-10-22(17)27-23-11-7-6-9-20(23)24;2*1-2/h6-7,9,11-13,16,26-27H,2-5,8,10,14-15H2,1H3;1-2H3;2H2,1H3. The number of nitrogens with two attached hydrogens (primary N) is 1. The first-order chi connectivity index (χ1) is 15.2. The van der Waals surface area contributed by atoms with Crippen LogP contribution in [0.4, 0.5) is 15.8 Å². The number of benzene rings is 2. The van der Waals surface area contributed by atoms with Gasteiger partial charge in [0.25, 0.3) is 0 Å². The number of para-hydroxylation sites is 1. The molecular weight excluding hydrogens is 409 g/mol. The summed E-state index contributed by atoms with van der Waals surface area (Å²) >= 11 is 6.35. The smallest absolute Gasteiger partial charge is 0.123 e. The van der Waals surface area contributed by atoms with Gasteiger partial charge in [-0.3, -0.25) is 0 Å². The van der Waals surface area contributed by atoms with E-state index in [9.17, 15) is 4.39 Å². The molecule has 1 aliphatic carbocycles. The van der Waals surface area contributed by atoms with Gasteiger partial charge < -0.3 is 16.4 Å². The highest BCUT2D eigenvalue weighted by Gasteiger charge is 2.15. The summed E-state index contributed by atoms with van der Waals surface area (Å²) in [5.41, 5.74) is 10.1. The lowest BCUT2D eigenvalue weighted by Gasteiger charge is -2.18. The second-order valence-corrected chi connectivity index (χ2v) is 7.56. The normalized spacial score (nSPS) is 13.3. The molecule has 2 aromatic carbocycles. The maximum atomic E-state index is 13.9. The van der Waals surface area contributed by atoms with E-state index >= 15 is 0 Å². The third kappa shape index (κ3) is 8.92. The van der Waals surface area contributed by atoms with Crippen molar-refractivity contribution < 1.29 is 4.39 Å². The molecule has 0 spiro atoms. The molecule has 0 aromatic heterocycles. The number of halogens is 2. The summed E-state index contributed by atoms with van der Waals surface area (Å²) in [6.45, 7) is 7.03. The highest BCUT2D eigenvalue weighted by molar-refractivity contribution is 6.33. The molecule has 31 heavy (non-hydrogen) atoms. The largest absolute Gasteiger partial charge is 0.385 e. The monoisotopic (exact) mass is 447 g/mol. The minimum Gasteiger partial charge on any atom is -0.385 e. The van der Waals surface area contributed by atoms with Crippen molar-refractivity contribution in [3.8, 4) is 0 Å². The number of hydrogen-bond donors (Lipinski definition) is 3. The molecule has 4 N–H and O–H groups in total. The van der Waals surface area contributed by atoms with Gasteiger partial charge in [0.05, 0.1) is 10.7 Å². The summed E-state index contributed by atoms with van der Waals surface area (Å²) in [6.07, 6.45) is 7.41. The van der Waals surface area contributed by atoms with Crippen LogP contribution in [0.2, 0.25) is 5.02 Å². The van der Waals surface area contributed by atoms with E-state index in [1.807, 2.05) is 44.2 Å². The fourth-order valence-electron chi connectivity index (χ4n) is 3.59. The van der Waals surface area contributed by atoms with E-state index in [0.717, 1.165) is 54.2 Å². The molecule has 172 valence electrons. The van der Waals surface area contributed by atoms with Gasteiger partial charge in [-0.05, 0) is 87.0 Å². The van der Waals surface area contributed by atoms with E-state index in [0.29, 0.717) is 0 Å². The highest BCUT2D eigenvalue weighted by atomic mass is 35.5. The third-order valence-electron chi connectivity index (χ3n) is 5.03. The Morgan fingerprint density at radius 3 is 2.39 bits per heavy atom. The van der Waals surface area contributed by atoms with Crippen molar-refractivity contribution in [2.45, 2.75) is 65.7 Å². The zero-order valence-electron chi connectivity index (χ0n) is 19.5. The quantitative estimate of drug-likeness (QED) is 0.406. The Kier molecular flexibility index (Phi) is 13.7. The summed E-state index contributed by atoms with van der Waals surface area (Å²) in [5.74, 6) is -0.179. The Morgan fingerprint density at radius 1 is 0.968 bits per heavy atom. The Hall–Kier alpha value is -2.04. The van der Waals surface area contributed by atoms with Crippen molar-refractivity contribution in [2.75, 3.05) is 24.2 Å². The maximum absolute atomic E-state index is 13.9. The van der Waals surface area contributed by atoms with E-state index < -0.39 is 0 Å². The Labute approximate surface area is 193 Å². The predicted octanol–water partition coefficient (Wildman–Crippen LogP) is 7.77. The first-order valence-corrected chi connectivity index (χ1v) is 11.9. The fraction of sp³-hybridized carbons (Fsp3) is 0.462. The lowest BCUT2D eigenvalue weighted by Crippen LogP contribution is -2.08. The second-order valence-electron chi connectivity index (χ2n) is 7.15. The molecule has 0 atom stereocenters. The van der Waals surface area contributed by atoms with Crippen molar-refractivity contribution in [3.05, 3.63) is 70.1 Å². The van der Waals surface area contributed by atoms with Gasteiger partial charge in [0.2, 0.25) is 0 Å². The molecule has 0 fully saturated rings. The molecular formula is C26H39ClFN3. The predicted molar refractivity (Wildman–Crippen MR) is 136 cm³/mol. The molecule has 0 bridgehead atoms. The molecule has 0 unspecified atom stereocenters. The lowest BCUT2D eigenvalue weighted by molar-refractivity contribution is 0.625. The van der Waals surface area contributed by atoms with Gasteiger partial charge in [-0.15, -0.1) is 0 Å². The van der Waals surface area contributed by atoms with Crippen LogP contribution in [0.1, 0.15) is 64.9 Å². The van der Waals surface area contributed by atoms with Crippen molar-refractivity contribution in [2.24, 2.45) is 5.73 Å². The van der Waals surface area contributed by atoms with Gasteiger partial charge in [0.15, 0.2) is 0 Å². The van der Waals surface area contributed by atoms with Crippen LogP contribution in [-0.2, 0) is 6.42 Å². The van der Waals surface area contributed by atoms with Gasteiger partial charge in [-0.2, -0.15) is 0 Å². The van der Waals surface area contributed by atoms with Gasteiger partial charge in [0.1, 0.15) is 5.82 Å². The number of rotatable bonds is 7. The van der Waals surface area contributed by atoms with E-state index in [1.54, 1.807) is 6.07 Å². The van der Waals surface area contributed by atoms with E-state index in [2.05, 4.69) is 23.3 Å².